The number of hydrogen-bond donors (Lipinski definition) is 3. The topological polar surface area (TPSA) is 78.4 Å². The van der Waals surface area contributed by atoms with E-state index in [0.717, 1.165) is 6.08 Å². The number of carbonyl (C=O) groups excluding carboxylic acids is 1. The van der Waals surface area contributed by atoms with Crippen LogP contribution in [0.5, 0.6) is 0 Å². The van der Waals surface area contributed by atoms with Gasteiger partial charge in [-0.2, -0.15) is 13.2 Å². The van der Waals surface area contributed by atoms with E-state index in [1.807, 2.05) is 0 Å². The first-order chi connectivity index (χ1) is 9.76. The largest absolute Gasteiger partial charge is 0.478 e. The first kappa shape index (κ1) is 16.5. The fraction of sp³-hybridized carbons (Fsp3) is 0.231. The summed E-state index contributed by atoms with van der Waals surface area (Å²) >= 11 is 0. The quantitative estimate of drug-likeness (QED) is 0.732. The van der Waals surface area contributed by atoms with Gasteiger partial charge in [0.2, 0.25) is 0 Å². The van der Waals surface area contributed by atoms with Crippen molar-refractivity contribution in [1.82, 2.24) is 5.32 Å². The molecule has 0 aliphatic rings. The summed E-state index contributed by atoms with van der Waals surface area (Å²) in [5.74, 6) is -1.08. The molecule has 8 heteroatoms. The van der Waals surface area contributed by atoms with Crippen molar-refractivity contribution in [3.63, 3.8) is 0 Å². The van der Waals surface area contributed by atoms with Gasteiger partial charge in [-0.25, -0.2) is 9.59 Å². The summed E-state index contributed by atoms with van der Waals surface area (Å²) in [6.45, 7) is -0.505. The lowest BCUT2D eigenvalue weighted by Crippen LogP contribution is -2.31. The Kier molecular flexibility index (Phi) is 5.77. The van der Waals surface area contributed by atoms with Crippen LogP contribution in [0.3, 0.4) is 0 Å². The second-order valence-corrected chi connectivity index (χ2v) is 4.04. The predicted molar refractivity (Wildman–Crippen MR) is 70.8 cm³/mol. The SMILES string of the molecule is O=C(O)C=Cc1ccc(NC(=O)NCCC(F)(F)F)cc1. The summed E-state index contributed by atoms with van der Waals surface area (Å²) in [7, 11) is 0. The Morgan fingerprint density at radius 1 is 1.19 bits per heavy atom. The molecule has 21 heavy (non-hydrogen) atoms. The van der Waals surface area contributed by atoms with Gasteiger partial charge in [-0.1, -0.05) is 12.1 Å². The van der Waals surface area contributed by atoms with E-state index in [2.05, 4.69) is 10.6 Å². The standard InChI is InChI=1S/C13H13F3N2O3/c14-13(15,16)7-8-17-12(21)18-10-4-1-9(2-5-10)3-6-11(19)20/h1-6H,7-8H2,(H,19,20)(H2,17,18,21). The minimum atomic E-state index is -4.31. The zero-order valence-corrected chi connectivity index (χ0v) is 10.8. The molecule has 3 N–H and O–H groups in total. The lowest BCUT2D eigenvalue weighted by molar-refractivity contribution is -0.133. The van der Waals surface area contributed by atoms with Crippen LogP contribution in [-0.2, 0) is 4.79 Å². The maximum Gasteiger partial charge on any atom is 0.390 e. The highest BCUT2D eigenvalue weighted by Crippen LogP contribution is 2.18. The number of urea groups is 1. The third-order valence-electron chi connectivity index (χ3n) is 2.28. The fourth-order valence-corrected chi connectivity index (χ4v) is 1.34. The van der Waals surface area contributed by atoms with Gasteiger partial charge in [0.15, 0.2) is 0 Å². The van der Waals surface area contributed by atoms with E-state index in [1.54, 1.807) is 12.1 Å². The van der Waals surface area contributed by atoms with Crippen LogP contribution >= 0.6 is 0 Å². The van der Waals surface area contributed by atoms with Crippen molar-refractivity contribution in [3.8, 4) is 0 Å². The number of aliphatic carboxylic acids is 1. The molecule has 2 amide bonds. The molecule has 5 nitrogen and oxygen atoms in total. The van der Waals surface area contributed by atoms with Gasteiger partial charge in [-0.3, -0.25) is 0 Å². The van der Waals surface area contributed by atoms with Gasteiger partial charge in [0.1, 0.15) is 0 Å². The maximum atomic E-state index is 11.9. The lowest BCUT2D eigenvalue weighted by Gasteiger charge is -2.09. The number of anilines is 1. The monoisotopic (exact) mass is 302 g/mol. The van der Waals surface area contributed by atoms with Gasteiger partial charge in [0, 0.05) is 18.3 Å². The second kappa shape index (κ2) is 7.32. The van der Waals surface area contributed by atoms with Crippen molar-refractivity contribution in [2.45, 2.75) is 12.6 Å². The van der Waals surface area contributed by atoms with E-state index < -0.39 is 31.1 Å². The number of carbonyl (C=O) groups is 2. The molecule has 0 saturated carbocycles. The van der Waals surface area contributed by atoms with Crippen LogP contribution < -0.4 is 10.6 Å². The number of alkyl halides is 3. The Bertz CT molecular complexity index is 524. The van der Waals surface area contributed by atoms with Crippen molar-refractivity contribution in [1.29, 1.82) is 0 Å². The molecule has 0 aliphatic carbocycles. The number of carboxylic acid groups (broad SMARTS) is 1. The second-order valence-electron chi connectivity index (χ2n) is 4.04. The predicted octanol–water partition coefficient (Wildman–Crippen LogP) is 2.86. The van der Waals surface area contributed by atoms with E-state index in [-0.39, 0.29) is 0 Å². The van der Waals surface area contributed by atoms with Gasteiger partial charge in [-0.15, -0.1) is 0 Å². The Morgan fingerprint density at radius 2 is 1.81 bits per heavy atom. The Balaban J connectivity index is 2.44. The average molecular weight is 302 g/mol. The summed E-state index contributed by atoms with van der Waals surface area (Å²) in [5.41, 5.74) is 0.993. The lowest BCUT2D eigenvalue weighted by atomic mass is 10.2. The molecule has 0 bridgehead atoms. The van der Waals surface area contributed by atoms with Crippen LogP contribution in [0.4, 0.5) is 23.7 Å². The van der Waals surface area contributed by atoms with Gasteiger partial charge < -0.3 is 15.7 Å². The number of rotatable bonds is 5. The maximum absolute atomic E-state index is 11.9. The van der Waals surface area contributed by atoms with Crippen LogP contribution in [0.1, 0.15) is 12.0 Å². The number of carboxylic acids is 1. The molecule has 1 aromatic rings. The molecule has 1 aromatic carbocycles. The number of amides is 2. The highest BCUT2D eigenvalue weighted by molar-refractivity contribution is 5.89. The minimum absolute atomic E-state index is 0.381. The molecule has 0 radical (unpaired) electrons. The molecule has 114 valence electrons. The molecule has 0 aliphatic heterocycles. The summed E-state index contributed by atoms with van der Waals surface area (Å²) in [6.07, 6.45) is -3.08. The van der Waals surface area contributed by atoms with E-state index >= 15 is 0 Å². The number of hydrogen-bond acceptors (Lipinski definition) is 2. The molecule has 0 aromatic heterocycles. The zero-order valence-electron chi connectivity index (χ0n) is 10.8. The molecule has 1 rings (SSSR count). The number of halogens is 3. The third kappa shape index (κ3) is 7.61. The summed E-state index contributed by atoms with van der Waals surface area (Å²) in [5, 5.41) is 12.9. The van der Waals surface area contributed by atoms with E-state index in [4.69, 9.17) is 5.11 Å². The minimum Gasteiger partial charge on any atom is -0.478 e. The van der Waals surface area contributed by atoms with Crippen molar-refractivity contribution < 1.29 is 27.9 Å². The summed E-state index contributed by atoms with van der Waals surface area (Å²) in [4.78, 5) is 21.6. The van der Waals surface area contributed by atoms with Gasteiger partial charge in [-0.05, 0) is 23.8 Å². The molecule has 0 unspecified atom stereocenters. The summed E-state index contributed by atoms with van der Waals surface area (Å²) < 4.78 is 35.7. The van der Waals surface area contributed by atoms with E-state index in [9.17, 15) is 22.8 Å². The first-order valence-corrected chi connectivity index (χ1v) is 5.89. The molecular weight excluding hydrogens is 289 g/mol. The summed E-state index contributed by atoms with van der Waals surface area (Å²) in [6, 6.07) is 5.39. The number of benzene rings is 1. The van der Waals surface area contributed by atoms with Crippen molar-refractivity contribution in [3.05, 3.63) is 35.9 Å². The smallest absolute Gasteiger partial charge is 0.390 e. The van der Waals surface area contributed by atoms with Crippen LogP contribution in [-0.4, -0.2) is 29.8 Å². The zero-order chi connectivity index (χ0) is 15.9. The van der Waals surface area contributed by atoms with Gasteiger partial charge in [0.05, 0.1) is 6.42 Å². The van der Waals surface area contributed by atoms with Gasteiger partial charge >= 0.3 is 18.2 Å². The first-order valence-electron chi connectivity index (χ1n) is 5.89. The molecule has 0 fully saturated rings. The van der Waals surface area contributed by atoms with Crippen molar-refractivity contribution in [2.24, 2.45) is 0 Å². The molecule has 0 saturated heterocycles. The van der Waals surface area contributed by atoms with Gasteiger partial charge in [0.25, 0.3) is 0 Å². The molecule has 0 spiro atoms. The highest BCUT2D eigenvalue weighted by Gasteiger charge is 2.26. The van der Waals surface area contributed by atoms with Crippen LogP contribution in [0.2, 0.25) is 0 Å². The highest BCUT2D eigenvalue weighted by atomic mass is 19.4. The van der Waals surface area contributed by atoms with E-state index in [1.165, 1.54) is 18.2 Å². The van der Waals surface area contributed by atoms with Crippen LogP contribution in [0, 0.1) is 0 Å². The van der Waals surface area contributed by atoms with Crippen LogP contribution in [0.15, 0.2) is 30.3 Å². The molecular formula is C13H13F3N2O3. The Hall–Kier alpha value is -2.51. The average Bonchev–Trinajstić information content (AvgIpc) is 2.36. The fourth-order valence-electron chi connectivity index (χ4n) is 1.34. The normalized spacial score (nSPS) is 11.4. The van der Waals surface area contributed by atoms with Crippen molar-refractivity contribution in [2.75, 3.05) is 11.9 Å². The Labute approximate surface area is 118 Å². The van der Waals surface area contributed by atoms with Crippen LogP contribution in [0.25, 0.3) is 6.08 Å². The third-order valence-corrected chi connectivity index (χ3v) is 2.28. The Morgan fingerprint density at radius 3 is 2.33 bits per heavy atom. The number of nitrogens with one attached hydrogen (secondary N) is 2. The van der Waals surface area contributed by atoms with Crippen molar-refractivity contribution >= 4 is 23.8 Å². The molecule has 0 heterocycles. The molecule has 0 atom stereocenters. The van der Waals surface area contributed by atoms with E-state index in [0.29, 0.717) is 11.3 Å².